The van der Waals surface area contributed by atoms with Gasteiger partial charge in [0.25, 0.3) is 0 Å². The van der Waals surface area contributed by atoms with E-state index in [0.29, 0.717) is 44.1 Å². The molecule has 2 heterocycles. The maximum Gasteiger partial charge on any atom is 0.224 e. The molecule has 1 aromatic rings. The van der Waals surface area contributed by atoms with E-state index >= 15 is 0 Å². The van der Waals surface area contributed by atoms with E-state index in [1.807, 2.05) is 6.92 Å². The van der Waals surface area contributed by atoms with E-state index in [1.54, 1.807) is 6.07 Å². The summed E-state index contributed by atoms with van der Waals surface area (Å²) < 4.78 is 28.6. The second-order valence-electron chi connectivity index (χ2n) is 5.76. The fourth-order valence-corrected chi connectivity index (χ4v) is 4.29. The van der Waals surface area contributed by atoms with Gasteiger partial charge in [0, 0.05) is 18.9 Å². The molecule has 21 heavy (non-hydrogen) atoms. The Labute approximate surface area is 129 Å². The van der Waals surface area contributed by atoms with Gasteiger partial charge in [-0.25, -0.2) is 18.4 Å². The molecular formula is C13H18ClN3O3S. The van der Waals surface area contributed by atoms with Crippen LogP contribution in [0.15, 0.2) is 6.07 Å². The van der Waals surface area contributed by atoms with Crippen LogP contribution in [0.3, 0.4) is 0 Å². The van der Waals surface area contributed by atoms with Crippen LogP contribution in [0, 0.1) is 0 Å². The maximum atomic E-state index is 12.0. The van der Waals surface area contributed by atoms with E-state index in [0.717, 1.165) is 0 Å². The molecule has 0 bridgehead atoms. The number of anilines is 1. The number of hydrogen-bond acceptors (Lipinski definition) is 6. The van der Waals surface area contributed by atoms with Gasteiger partial charge in [-0.1, -0.05) is 0 Å². The van der Waals surface area contributed by atoms with E-state index in [1.165, 1.54) is 6.26 Å². The predicted molar refractivity (Wildman–Crippen MR) is 80.4 cm³/mol. The third-order valence-electron chi connectivity index (χ3n) is 4.23. The summed E-state index contributed by atoms with van der Waals surface area (Å²) in [6.07, 6.45) is 2.45. The van der Waals surface area contributed by atoms with Gasteiger partial charge in [0.2, 0.25) is 5.28 Å². The number of halogens is 1. The molecule has 0 aromatic carbocycles. The highest BCUT2D eigenvalue weighted by Gasteiger charge is 2.55. The Hall–Kier alpha value is -0.920. The molecule has 1 unspecified atom stereocenters. The summed E-state index contributed by atoms with van der Waals surface area (Å²) in [7, 11) is -3.21. The van der Waals surface area contributed by atoms with Gasteiger partial charge in [0.15, 0.2) is 9.84 Å². The third-order valence-corrected chi connectivity index (χ3v) is 6.43. The highest BCUT2D eigenvalue weighted by atomic mass is 35.5. The summed E-state index contributed by atoms with van der Waals surface area (Å²) in [5, 5.41) is 0.0936. The predicted octanol–water partition coefficient (Wildman–Crippen LogP) is 1.39. The topological polar surface area (TPSA) is 72.4 Å². The minimum absolute atomic E-state index is 0.0936. The quantitative estimate of drug-likeness (QED) is 0.779. The molecule has 2 aliphatic rings. The first-order valence-corrected chi connectivity index (χ1v) is 9.19. The van der Waals surface area contributed by atoms with Gasteiger partial charge >= 0.3 is 0 Å². The lowest BCUT2D eigenvalue weighted by Gasteiger charge is -2.34. The molecule has 0 amide bonds. The molecule has 1 aliphatic carbocycles. The smallest absolute Gasteiger partial charge is 0.224 e. The summed E-state index contributed by atoms with van der Waals surface area (Å²) in [5.74, 6) is 0.677. The molecule has 1 saturated heterocycles. The Balaban J connectivity index is 2.01. The van der Waals surface area contributed by atoms with Crippen molar-refractivity contribution >= 4 is 27.3 Å². The van der Waals surface area contributed by atoms with Gasteiger partial charge in [0.1, 0.15) is 10.6 Å². The minimum Gasteiger partial charge on any atom is -0.377 e. The highest BCUT2D eigenvalue weighted by Crippen LogP contribution is 2.52. The molecule has 3 rings (SSSR count). The number of sulfone groups is 1. The molecule has 2 fully saturated rings. The van der Waals surface area contributed by atoms with Crippen LogP contribution in [0.5, 0.6) is 0 Å². The lowest BCUT2D eigenvalue weighted by Crippen LogP contribution is -2.44. The van der Waals surface area contributed by atoms with Gasteiger partial charge in [0.05, 0.1) is 24.9 Å². The molecule has 6 nitrogen and oxygen atoms in total. The number of nitrogens with zero attached hydrogens (tertiary/aromatic N) is 3. The summed E-state index contributed by atoms with van der Waals surface area (Å²) >= 11 is 6.03. The largest absolute Gasteiger partial charge is 0.377 e. The second-order valence-corrected chi connectivity index (χ2v) is 8.43. The zero-order valence-electron chi connectivity index (χ0n) is 12.0. The molecule has 0 spiro atoms. The van der Waals surface area contributed by atoms with Gasteiger partial charge in [-0.3, -0.25) is 0 Å². The summed E-state index contributed by atoms with van der Waals surface area (Å²) in [6, 6.07) is 1.94. The van der Waals surface area contributed by atoms with Crippen molar-refractivity contribution < 1.29 is 13.2 Å². The van der Waals surface area contributed by atoms with Crippen LogP contribution < -0.4 is 4.90 Å². The molecule has 0 radical (unpaired) electrons. The molecule has 0 N–H and O–H groups in total. The van der Waals surface area contributed by atoms with Crippen LogP contribution >= 0.6 is 11.6 Å². The second kappa shape index (κ2) is 5.07. The lowest BCUT2D eigenvalue weighted by atomic mass is 10.2. The Kier molecular flexibility index (Phi) is 3.62. The van der Waals surface area contributed by atoms with Crippen LogP contribution in [-0.2, 0) is 19.3 Å². The average molecular weight is 332 g/mol. The van der Waals surface area contributed by atoms with Gasteiger partial charge in [-0.2, -0.15) is 0 Å². The molecule has 1 atom stereocenters. The summed E-state index contributed by atoms with van der Waals surface area (Å²) in [5.41, 5.74) is 0.513. The first-order valence-electron chi connectivity index (χ1n) is 6.92. The molecule has 8 heteroatoms. The molecule has 1 aliphatic heterocycles. The molecule has 116 valence electrons. The van der Waals surface area contributed by atoms with Crippen molar-refractivity contribution in [2.75, 3.05) is 30.9 Å². The van der Waals surface area contributed by atoms with Crippen molar-refractivity contribution in [2.24, 2.45) is 0 Å². The van der Waals surface area contributed by atoms with Crippen LogP contribution in [0.4, 0.5) is 5.82 Å². The van der Waals surface area contributed by atoms with Gasteiger partial charge < -0.3 is 9.64 Å². The number of ether oxygens (including phenoxy) is 1. The highest BCUT2D eigenvalue weighted by molar-refractivity contribution is 7.91. The number of rotatable bonds is 3. The van der Waals surface area contributed by atoms with Crippen molar-refractivity contribution in [3.63, 3.8) is 0 Å². The zero-order chi connectivity index (χ0) is 15.3. The molecule has 1 saturated carbocycles. The maximum absolute atomic E-state index is 12.0. The fourth-order valence-electron chi connectivity index (χ4n) is 2.78. The Morgan fingerprint density at radius 3 is 2.71 bits per heavy atom. The van der Waals surface area contributed by atoms with Crippen LogP contribution in [0.1, 0.15) is 25.5 Å². The van der Waals surface area contributed by atoms with Crippen LogP contribution in [0.25, 0.3) is 0 Å². The van der Waals surface area contributed by atoms with E-state index in [4.69, 9.17) is 16.3 Å². The van der Waals surface area contributed by atoms with Crippen molar-refractivity contribution in [3.05, 3.63) is 17.0 Å². The van der Waals surface area contributed by atoms with Crippen molar-refractivity contribution in [1.82, 2.24) is 9.97 Å². The van der Waals surface area contributed by atoms with Crippen molar-refractivity contribution in [3.8, 4) is 0 Å². The number of aromatic nitrogens is 2. The first kappa shape index (κ1) is 15.0. The lowest BCUT2D eigenvalue weighted by molar-refractivity contribution is 0.0985. The van der Waals surface area contributed by atoms with E-state index < -0.39 is 14.6 Å². The monoisotopic (exact) mass is 331 g/mol. The average Bonchev–Trinajstić information content (AvgIpc) is 3.19. The SMILES string of the molecule is CC1COCCN1c1cc(C2(S(C)(=O)=O)CC2)nc(Cl)n1. The number of morpholine rings is 1. The number of hydrogen-bond donors (Lipinski definition) is 0. The third kappa shape index (κ3) is 2.62. The first-order chi connectivity index (χ1) is 9.83. The van der Waals surface area contributed by atoms with Gasteiger partial charge in [-0.05, 0) is 31.4 Å². The molecule has 1 aromatic heterocycles. The summed E-state index contributed by atoms with van der Waals surface area (Å²) in [6.45, 7) is 3.99. The Morgan fingerprint density at radius 2 is 2.14 bits per heavy atom. The fraction of sp³-hybridized carbons (Fsp3) is 0.692. The van der Waals surface area contributed by atoms with E-state index in [2.05, 4.69) is 14.9 Å². The molecular weight excluding hydrogens is 314 g/mol. The standard InChI is InChI=1S/C13H18ClN3O3S/c1-9-8-20-6-5-17(9)11-7-10(15-12(14)16-11)13(3-4-13)21(2,18)19/h7,9H,3-6,8H2,1-2H3. The van der Waals surface area contributed by atoms with Gasteiger partial charge in [-0.15, -0.1) is 0 Å². The van der Waals surface area contributed by atoms with Crippen molar-refractivity contribution in [2.45, 2.75) is 30.6 Å². The Morgan fingerprint density at radius 1 is 1.43 bits per heavy atom. The van der Waals surface area contributed by atoms with Crippen molar-refractivity contribution in [1.29, 1.82) is 0 Å². The van der Waals surface area contributed by atoms with Crippen LogP contribution in [0.2, 0.25) is 5.28 Å². The zero-order valence-corrected chi connectivity index (χ0v) is 13.6. The minimum atomic E-state index is -3.21. The van der Waals surface area contributed by atoms with Crippen LogP contribution in [-0.4, -0.2) is 50.4 Å². The normalized spacial score (nSPS) is 24.9. The van der Waals surface area contributed by atoms with E-state index in [9.17, 15) is 8.42 Å². The van der Waals surface area contributed by atoms with E-state index in [-0.39, 0.29) is 11.3 Å². The summed E-state index contributed by atoms with van der Waals surface area (Å²) in [4.78, 5) is 10.5. The Bertz CT molecular complexity index is 661.